The van der Waals surface area contributed by atoms with Crippen LogP contribution in [-0.4, -0.2) is 13.0 Å². The Hall–Kier alpha value is -1.61. The van der Waals surface area contributed by atoms with Crippen LogP contribution in [0.15, 0.2) is 48.5 Å². The van der Waals surface area contributed by atoms with Crippen molar-refractivity contribution in [2.45, 2.75) is 36.9 Å². The number of amides is 1. The van der Waals surface area contributed by atoms with Gasteiger partial charge in [-0.1, -0.05) is 70.4 Å². The van der Waals surface area contributed by atoms with Gasteiger partial charge in [-0.15, -0.1) is 0 Å². The number of alkyl halides is 1. The van der Waals surface area contributed by atoms with E-state index in [1.165, 1.54) is 24.8 Å². The van der Waals surface area contributed by atoms with Crippen LogP contribution in [0.2, 0.25) is 0 Å². The molecule has 0 aliphatic heterocycles. The third-order valence-corrected chi connectivity index (χ3v) is 5.65. The molecule has 0 aromatic heterocycles. The van der Waals surface area contributed by atoms with Crippen molar-refractivity contribution in [2.75, 3.05) is 11.9 Å². The molecule has 0 bridgehead atoms. The van der Waals surface area contributed by atoms with E-state index in [-0.39, 0.29) is 10.7 Å². The summed E-state index contributed by atoms with van der Waals surface area (Å²) in [4.78, 5) is 14.4. The van der Waals surface area contributed by atoms with Crippen molar-refractivity contribution < 1.29 is 4.79 Å². The predicted octanol–water partition coefficient (Wildman–Crippen LogP) is 5.36. The minimum atomic E-state index is -0.318. The average molecular weight is 372 g/mol. The van der Waals surface area contributed by atoms with Gasteiger partial charge in [-0.25, -0.2) is 0 Å². The summed E-state index contributed by atoms with van der Waals surface area (Å²) >= 11 is 3.58. The monoisotopic (exact) mass is 371 g/mol. The summed E-state index contributed by atoms with van der Waals surface area (Å²) in [6, 6.07) is 16.4. The molecule has 3 heteroatoms. The molecule has 1 aliphatic carbocycles. The fraction of sp³-hybridized carbons (Fsp3) is 0.350. The van der Waals surface area contributed by atoms with Crippen molar-refractivity contribution in [3.63, 3.8) is 0 Å². The Morgan fingerprint density at radius 2 is 1.91 bits per heavy atom. The number of hydrogen-bond acceptors (Lipinski definition) is 1. The Labute approximate surface area is 146 Å². The van der Waals surface area contributed by atoms with Crippen LogP contribution in [0.1, 0.15) is 46.7 Å². The van der Waals surface area contributed by atoms with Crippen molar-refractivity contribution in [1.29, 1.82) is 0 Å². The number of para-hydroxylation sites is 1. The topological polar surface area (TPSA) is 20.3 Å². The van der Waals surface area contributed by atoms with E-state index in [2.05, 4.69) is 40.2 Å². The minimum absolute atomic E-state index is 0.0716. The van der Waals surface area contributed by atoms with E-state index in [0.29, 0.717) is 5.92 Å². The highest BCUT2D eigenvalue weighted by Crippen LogP contribution is 2.41. The van der Waals surface area contributed by atoms with Crippen LogP contribution in [0.25, 0.3) is 0 Å². The lowest BCUT2D eigenvalue weighted by Gasteiger charge is -2.31. The SMILES string of the molecule is Cc1cccc(C(Br)C(=O)N(C)c2ccccc2C2CCC2)c1. The van der Waals surface area contributed by atoms with E-state index in [0.717, 1.165) is 16.8 Å². The first-order valence-corrected chi connectivity index (χ1v) is 9.06. The smallest absolute Gasteiger partial charge is 0.245 e. The van der Waals surface area contributed by atoms with Gasteiger partial charge in [-0.2, -0.15) is 0 Å². The zero-order chi connectivity index (χ0) is 16.4. The van der Waals surface area contributed by atoms with Crippen LogP contribution >= 0.6 is 15.9 Å². The van der Waals surface area contributed by atoms with Crippen molar-refractivity contribution in [3.05, 3.63) is 65.2 Å². The van der Waals surface area contributed by atoms with Crippen LogP contribution in [0.5, 0.6) is 0 Å². The van der Waals surface area contributed by atoms with E-state index in [1.807, 2.05) is 38.2 Å². The number of anilines is 1. The molecule has 0 heterocycles. The number of nitrogens with zero attached hydrogens (tertiary/aromatic N) is 1. The van der Waals surface area contributed by atoms with Crippen LogP contribution in [-0.2, 0) is 4.79 Å². The molecule has 0 N–H and O–H groups in total. The number of halogens is 1. The zero-order valence-electron chi connectivity index (χ0n) is 13.6. The van der Waals surface area contributed by atoms with Gasteiger partial charge in [0.25, 0.3) is 0 Å². The molecular weight excluding hydrogens is 350 g/mol. The third kappa shape index (κ3) is 3.35. The first-order valence-electron chi connectivity index (χ1n) is 8.15. The summed E-state index contributed by atoms with van der Waals surface area (Å²) in [7, 11) is 1.88. The number of rotatable bonds is 4. The number of carbonyl (C=O) groups excluding carboxylic acids is 1. The normalized spacial score (nSPS) is 15.8. The molecule has 1 amide bonds. The molecule has 0 saturated heterocycles. The molecule has 3 rings (SSSR count). The summed E-state index contributed by atoms with van der Waals surface area (Å²) in [5, 5.41) is 0. The van der Waals surface area contributed by atoms with Crippen LogP contribution in [0, 0.1) is 6.92 Å². The van der Waals surface area contributed by atoms with Gasteiger partial charge < -0.3 is 4.90 Å². The molecule has 120 valence electrons. The highest BCUT2D eigenvalue weighted by molar-refractivity contribution is 9.09. The van der Waals surface area contributed by atoms with Gasteiger partial charge in [0.1, 0.15) is 4.83 Å². The van der Waals surface area contributed by atoms with Crippen molar-refractivity contribution >= 4 is 27.5 Å². The van der Waals surface area contributed by atoms with E-state index in [4.69, 9.17) is 0 Å². The van der Waals surface area contributed by atoms with Gasteiger partial charge in [0.15, 0.2) is 0 Å². The van der Waals surface area contributed by atoms with Gasteiger partial charge in [0.2, 0.25) is 5.91 Å². The second-order valence-corrected chi connectivity index (χ2v) is 7.28. The van der Waals surface area contributed by atoms with Crippen molar-refractivity contribution in [3.8, 4) is 0 Å². The fourth-order valence-corrected chi connectivity index (χ4v) is 3.71. The maximum atomic E-state index is 12.9. The van der Waals surface area contributed by atoms with Crippen molar-refractivity contribution in [2.24, 2.45) is 0 Å². The summed E-state index contributed by atoms with van der Waals surface area (Å²) in [6.45, 7) is 2.04. The molecule has 0 radical (unpaired) electrons. The van der Waals surface area contributed by atoms with Gasteiger partial charge in [-0.05, 0) is 42.9 Å². The Bertz CT molecular complexity index is 708. The summed E-state index contributed by atoms with van der Waals surface area (Å²) in [5.41, 5.74) is 4.51. The molecule has 1 fully saturated rings. The molecule has 23 heavy (non-hydrogen) atoms. The highest BCUT2D eigenvalue weighted by atomic mass is 79.9. The van der Waals surface area contributed by atoms with E-state index >= 15 is 0 Å². The van der Waals surface area contributed by atoms with E-state index in [1.54, 1.807) is 4.90 Å². The lowest BCUT2D eigenvalue weighted by molar-refractivity contribution is -0.117. The number of hydrogen-bond donors (Lipinski definition) is 0. The summed E-state index contributed by atoms with van der Waals surface area (Å²) < 4.78 is 0. The van der Waals surface area contributed by atoms with Crippen LogP contribution in [0.3, 0.4) is 0 Å². The van der Waals surface area contributed by atoms with Gasteiger partial charge in [-0.3, -0.25) is 4.79 Å². The predicted molar refractivity (Wildman–Crippen MR) is 99.3 cm³/mol. The molecule has 1 unspecified atom stereocenters. The molecule has 2 nitrogen and oxygen atoms in total. The zero-order valence-corrected chi connectivity index (χ0v) is 15.2. The Balaban J connectivity index is 1.85. The quantitative estimate of drug-likeness (QED) is 0.662. The standard InChI is InChI=1S/C20H22BrNO/c1-14-7-5-10-16(13-14)19(21)20(23)22(2)18-12-4-3-11-17(18)15-8-6-9-15/h3-5,7,10-13,15,19H,6,8-9H2,1-2H3. The molecule has 0 spiro atoms. The molecule has 1 saturated carbocycles. The molecule has 2 aromatic rings. The molecular formula is C20H22BrNO. The van der Waals surface area contributed by atoms with E-state index < -0.39 is 0 Å². The Morgan fingerprint density at radius 3 is 2.57 bits per heavy atom. The Kier molecular flexibility index (Phi) is 4.86. The summed E-state index contributed by atoms with van der Waals surface area (Å²) in [6.07, 6.45) is 3.75. The number of aryl methyl sites for hydroxylation is 1. The second-order valence-electron chi connectivity index (χ2n) is 6.36. The number of carbonyl (C=O) groups is 1. The van der Waals surface area contributed by atoms with Crippen molar-refractivity contribution in [1.82, 2.24) is 0 Å². The van der Waals surface area contributed by atoms with Gasteiger partial charge in [0.05, 0.1) is 0 Å². The fourth-order valence-electron chi connectivity index (χ4n) is 3.12. The van der Waals surface area contributed by atoms with Gasteiger partial charge in [0, 0.05) is 12.7 Å². The maximum absolute atomic E-state index is 12.9. The minimum Gasteiger partial charge on any atom is -0.314 e. The third-order valence-electron chi connectivity index (χ3n) is 4.73. The lowest BCUT2D eigenvalue weighted by Crippen LogP contribution is -2.31. The second kappa shape index (κ2) is 6.88. The van der Waals surface area contributed by atoms with Gasteiger partial charge >= 0.3 is 0 Å². The maximum Gasteiger partial charge on any atom is 0.245 e. The lowest BCUT2D eigenvalue weighted by atomic mass is 9.79. The molecule has 1 atom stereocenters. The molecule has 1 aliphatic rings. The average Bonchev–Trinajstić information content (AvgIpc) is 2.52. The first-order chi connectivity index (χ1) is 11.1. The largest absolute Gasteiger partial charge is 0.314 e. The first kappa shape index (κ1) is 16.3. The number of benzene rings is 2. The summed E-state index contributed by atoms with van der Waals surface area (Å²) in [5.74, 6) is 0.677. The van der Waals surface area contributed by atoms with Crippen LogP contribution in [0.4, 0.5) is 5.69 Å². The number of likely N-dealkylation sites (N-methyl/N-ethyl adjacent to an activating group) is 1. The Morgan fingerprint density at radius 1 is 1.17 bits per heavy atom. The van der Waals surface area contributed by atoms with Crippen LogP contribution < -0.4 is 4.90 Å². The highest BCUT2D eigenvalue weighted by Gasteiger charge is 2.27. The molecule has 2 aromatic carbocycles. The van der Waals surface area contributed by atoms with E-state index in [9.17, 15) is 4.79 Å².